The van der Waals surface area contributed by atoms with Gasteiger partial charge in [-0.3, -0.25) is 0 Å². The molecule has 2 atom stereocenters. The molecule has 0 spiro atoms. The normalized spacial score (nSPS) is 13.6. The van der Waals surface area contributed by atoms with Gasteiger partial charge in [-0.05, 0) is 30.9 Å². The van der Waals surface area contributed by atoms with Crippen molar-refractivity contribution in [1.29, 1.82) is 0 Å². The highest BCUT2D eigenvalue weighted by molar-refractivity contribution is 5.64. The zero-order chi connectivity index (χ0) is 14.3. The van der Waals surface area contributed by atoms with Crippen LogP contribution in [-0.4, -0.2) is 18.7 Å². The van der Waals surface area contributed by atoms with Gasteiger partial charge in [0.2, 0.25) is 0 Å². The van der Waals surface area contributed by atoms with E-state index in [-0.39, 0.29) is 18.6 Å². The van der Waals surface area contributed by atoms with E-state index in [4.69, 9.17) is 16.2 Å². The summed E-state index contributed by atoms with van der Waals surface area (Å²) in [7, 11) is 0. The van der Waals surface area contributed by atoms with E-state index in [0.717, 1.165) is 6.42 Å². The Labute approximate surface area is 114 Å². The maximum Gasteiger partial charge on any atom is 0.404 e. The molecule has 4 heteroatoms. The second-order valence-corrected chi connectivity index (χ2v) is 4.71. The van der Waals surface area contributed by atoms with E-state index in [1.165, 1.54) is 11.1 Å². The molecule has 0 aliphatic rings. The second-order valence-electron chi connectivity index (χ2n) is 4.71. The number of hydrogen-bond acceptors (Lipinski definition) is 3. The van der Waals surface area contributed by atoms with E-state index in [1.54, 1.807) is 6.08 Å². The first-order chi connectivity index (χ1) is 9.04. The third-order valence-corrected chi connectivity index (χ3v) is 3.23. The number of aryl methyl sites for hydroxylation is 1. The number of benzene rings is 1. The van der Waals surface area contributed by atoms with Crippen molar-refractivity contribution < 1.29 is 9.53 Å². The Morgan fingerprint density at radius 3 is 2.74 bits per heavy atom. The molecule has 104 valence electrons. The molecule has 1 rings (SSSR count). The lowest BCUT2D eigenvalue weighted by atomic mass is 9.90. The molecule has 4 N–H and O–H groups in total. The summed E-state index contributed by atoms with van der Waals surface area (Å²) in [5.74, 6) is 0.0339. The lowest BCUT2D eigenvalue weighted by Gasteiger charge is -2.23. The van der Waals surface area contributed by atoms with Crippen LogP contribution in [0.1, 0.15) is 17.5 Å². The predicted octanol–water partition coefficient (Wildman–Crippen LogP) is 2.15. The number of carbonyl (C=O) groups is 1. The Morgan fingerprint density at radius 2 is 2.16 bits per heavy atom. The minimum atomic E-state index is -0.763. The Balaban J connectivity index is 2.75. The van der Waals surface area contributed by atoms with Gasteiger partial charge in [-0.1, -0.05) is 30.3 Å². The van der Waals surface area contributed by atoms with Crippen molar-refractivity contribution in [3.63, 3.8) is 0 Å². The highest BCUT2D eigenvalue weighted by atomic mass is 16.5. The van der Waals surface area contributed by atoms with E-state index < -0.39 is 6.09 Å². The monoisotopic (exact) mass is 262 g/mol. The minimum absolute atomic E-state index is 0.0339. The summed E-state index contributed by atoms with van der Waals surface area (Å²) in [6.45, 7) is 5.98. The van der Waals surface area contributed by atoms with Crippen molar-refractivity contribution in [2.75, 3.05) is 6.61 Å². The summed E-state index contributed by atoms with van der Waals surface area (Å²) in [4.78, 5) is 10.7. The van der Waals surface area contributed by atoms with E-state index in [0.29, 0.717) is 6.42 Å². The van der Waals surface area contributed by atoms with Crippen molar-refractivity contribution >= 4 is 6.09 Å². The first-order valence-electron chi connectivity index (χ1n) is 6.37. The van der Waals surface area contributed by atoms with Crippen molar-refractivity contribution in [3.05, 3.63) is 48.0 Å². The summed E-state index contributed by atoms with van der Waals surface area (Å²) in [6, 6.07) is 8.01. The molecule has 0 saturated carbocycles. The van der Waals surface area contributed by atoms with E-state index >= 15 is 0 Å². The van der Waals surface area contributed by atoms with Gasteiger partial charge < -0.3 is 16.2 Å². The Morgan fingerprint density at radius 1 is 1.47 bits per heavy atom. The van der Waals surface area contributed by atoms with Crippen LogP contribution in [0.5, 0.6) is 0 Å². The zero-order valence-corrected chi connectivity index (χ0v) is 11.3. The fourth-order valence-corrected chi connectivity index (χ4v) is 2.03. The molecule has 4 nitrogen and oxygen atoms in total. The summed E-state index contributed by atoms with van der Waals surface area (Å²) in [5, 5.41) is 0. The Hall–Kier alpha value is -1.81. The molecular weight excluding hydrogens is 240 g/mol. The Kier molecular flexibility index (Phi) is 6.09. The van der Waals surface area contributed by atoms with Gasteiger partial charge in [0.05, 0.1) is 6.61 Å². The topological polar surface area (TPSA) is 78.3 Å². The molecule has 1 aromatic carbocycles. The third-order valence-electron chi connectivity index (χ3n) is 3.23. The molecule has 0 radical (unpaired) electrons. The largest absolute Gasteiger partial charge is 0.449 e. The lowest BCUT2D eigenvalue weighted by Crippen LogP contribution is -2.35. The standard InChI is InChI=1S/C15H22N2O2/c1-3-6-14(16)13(10-19-15(17)18)9-12-8-5-4-7-11(12)2/h3-5,7-8,13-14H,1,6,9-10,16H2,2H3,(H2,17,18)/t13-,14+/m0/s1. The smallest absolute Gasteiger partial charge is 0.404 e. The molecular formula is C15H22N2O2. The highest BCUT2D eigenvalue weighted by Crippen LogP contribution is 2.17. The molecule has 0 fully saturated rings. The van der Waals surface area contributed by atoms with Crippen LogP contribution >= 0.6 is 0 Å². The van der Waals surface area contributed by atoms with Crippen LogP contribution in [0.3, 0.4) is 0 Å². The average molecular weight is 262 g/mol. The average Bonchev–Trinajstić information content (AvgIpc) is 2.36. The Bertz CT molecular complexity index is 432. The van der Waals surface area contributed by atoms with Crippen LogP contribution in [-0.2, 0) is 11.2 Å². The van der Waals surface area contributed by atoms with Gasteiger partial charge in [0.1, 0.15) is 0 Å². The van der Waals surface area contributed by atoms with Crippen LogP contribution < -0.4 is 11.5 Å². The molecule has 0 aromatic heterocycles. The second kappa shape index (κ2) is 7.59. The quantitative estimate of drug-likeness (QED) is 0.739. The summed E-state index contributed by atoms with van der Waals surface area (Å²) in [5.41, 5.74) is 13.5. The van der Waals surface area contributed by atoms with Crippen molar-refractivity contribution in [2.45, 2.75) is 25.8 Å². The lowest BCUT2D eigenvalue weighted by molar-refractivity contribution is 0.129. The number of ether oxygens (including phenoxy) is 1. The minimum Gasteiger partial charge on any atom is -0.449 e. The van der Waals surface area contributed by atoms with Gasteiger partial charge in [-0.2, -0.15) is 0 Å². The summed E-state index contributed by atoms with van der Waals surface area (Å²) in [6.07, 6.45) is 2.45. The number of rotatable bonds is 7. The highest BCUT2D eigenvalue weighted by Gasteiger charge is 2.19. The number of carbonyl (C=O) groups excluding carboxylic acids is 1. The van der Waals surface area contributed by atoms with Gasteiger partial charge in [0.25, 0.3) is 0 Å². The number of nitrogens with two attached hydrogens (primary N) is 2. The molecule has 1 amide bonds. The van der Waals surface area contributed by atoms with Crippen molar-refractivity contribution in [2.24, 2.45) is 17.4 Å². The van der Waals surface area contributed by atoms with Crippen LogP contribution in [0.25, 0.3) is 0 Å². The van der Waals surface area contributed by atoms with Crippen LogP contribution in [0.15, 0.2) is 36.9 Å². The maximum atomic E-state index is 10.7. The first-order valence-corrected chi connectivity index (χ1v) is 6.37. The van der Waals surface area contributed by atoms with Crippen LogP contribution in [0, 0.1) is 12.8 Å². The van der Waals surface area contributed by atoms with Gasteiger partial charge in [0.15, 0.2) is 0 Å². The fourth-order valence-electron chi connectivity index (χ4n) is 2.03. The number of primary amides is 1. The molecule has 0 unspecified atom stereocenters. The van der Waals surface area contributed by atoms with E-state index in [1.807, 2.05) is 12.1 Å². The third kappa shape index (κ3) is 5.14. The molecule has 0 aliphatic heterocycles. The molecule has 1 aromatic rings. The molecule has 0 saturated heterocycles. The van der Waals surface area contributed by atoms with Crippen molar-refractivity contribution in [3.8, 4) is 0 Å². The van der Waals surface area contributed by atoms with Crippen LogP contribution in [0.4, 0.5) is 4.79 Å². The summed E-state index contributed by atoms with van der Waals surface area (Å²) >= 11 is 0. The van der Waals surface area contributed by atoms with Gasteiger partial charge in [-0.15, -0.1) is 6.58 Å². The van der Waals surface area contributed by atoms with E-state index in [2.05, 4.69) is 25.6 Å². The fraction of sp³-hybridized carbons (Fsp3) is 0.400. The number of amides is 1. The molecule has 19 heavy (non-hydrogen) atoms. The van der Waals surface area contributed by atoms with Gasteiger partial charge in [0, 0.05) is 12.0 Å². The maximum absolute atomic E-state index is 10.7. The van der Waals surface area contributed by atoms with Gasteiger partial charge >= 0.3 is 6.09 Å². The predicted molar refractivity (Wildman–Crippen MR) is 76.7 cm³/mol. The zero-order valence-electron chi connectivity index (χ0n) is 11.3. The summed E-state index contributed by atoms with van der Waals surface area (Å²) < 4.78 is 4.91. The molecule has 0 aliphatic carbocycles. The number of hydrogen-bond donors (Lipinski definition) is 2. The molecule has 0 bridgehead atoms. The van der Waals surface area contributed by atoms with E-state index in [9.17, 15) is 4.79 Å². The van der Waals surface area contributed by atoms with Crippen molar-refractivity contribution in [1.82, 2.24) is 0 Å². The SMILES string of the molecule is C=CC[C@@H](N)[C@H](COC(N)=O)Cc1ccccc1C. The van der Waals surface area contributed by atoms with Gasteiger partial charge in [-0.25, -0.2) is 4.79 Å². The molecule has 0 heterocycles. The first kappa shape index (κ1) is 15.2. The van der Waals surface area contributed by atoms with Crippen LogP contribution in [0.2, 0.25) is 0 Å².